The van der Waals surface area contributed by atoms with E-state index in [9.17, 15) is 0 Å². The Hall–Kier alpha value is -0.800. The molecule has 0 aromatic carbocycles. The molecule has 3 nitrogen and oxygen atoms in total. The van der Waals surface area contributed by atoms with E-state index in [-0.39, 0.29) is 6.04 Å². The zero-order valence-electron chi connectivity index (χ0n) is 9.62. The van der Waals surface area contributed by atoms with Crippen molar-refractivity contribution in [1.82, 2.24) is 5.32 Å². The second-order valence-corrected chi connectivity index (χ2v) is 4.31. The average Bonchev–Trinajstić information content (AvgIpc) is 2.77. The molecular formula is C12H19NO2. The molecule has 2 heterocycles. The highest BCUT2D eigenvalue weighted by atomic mass is 16.5. The Morgan fingerprint density at radius 2 is 2.27 bits per heavy atom. The summed E-state index contributed by atoms with van der Waals surface area (Å²) in [7, 11) is 0. The molecule has 0 saturated carbocycles. The maximum Gasteiger partial charge on any atom is 0.120 e. The summed E-state index contributed by atoms with van der Waals surface area (Å²) in [5.74, 6) is 1.97. The minimum Gasteiger partial charge on any atom is -0.465 e. The average molecular weight is 209 g/mol. The topological polar surface area (TPSA) is 34.4 Å². The molecule has 1 N–H and O–H groups in total. The van der Waals surface area contributed by atoms with Gasteiger partial charge >= 0.3 is 0 Å². The zero-order valence-corrected chi connectivity index (χ0v) is 9.62. The van der Waals surface area contributed by atoms with Crippen LogP contribution in [0.15, 0.2) is 16.5 Å². The lowest BCUT2D eigenvalue weighted by molar-refractivity contribution is 0.110. The number of rotatable bonds is 3. The summed E-state index contributed by atoms with van der Waals surface area (Å²) >= 11 is 0. The lowest BCUT2D eigenvalue weighted by Gasteiger charge is -2.20. The van der Waals surface area contributed by atoms with Crippen LogP contribution in [0.3, 0.4) is 0 Å². The summed E-state index contributed by atoms with van der Waals surface area (Å²) in [5.41, 5.74) is 0. The smallest absolute Gasteiger partial charge is 0.120 e. The number of nitrogens with one attached hydrogen (secondary N) is 1. The van der Waals surface area contributed by atoms with Gasteiger partial charge in [-0.1, -0.05) is 0 Å². The van der Waals surface area contributed by atoms with Gasteiger partial charge in [0.05, 0.1) is 12.1 Å². The second-order valence-electron chi connectivity index (χ2n) is 4.31. The van der Waals surface area contributed by atoms with Crippen LogP contribution in [0, 0.1) is 6.92 Å². The molecule has 1 aromatic rings. The van der Waals surface area contributed by atoms with E-state index >= 15 is 0 Å². The highest BCUT2D eigenvalue weighted by Gasteiger charge is 2.26. The quantitative estimate of drug-likeness (QED) is 0.830. The van der Waals surface area contributed by atoms with Crippen molar-refractivity contribution >= 4 is 0 Å². The van der Waals surface area contributed by atoms with Crippen molar-refractivity contribution in [3.63, 3.8) is 0 Å². The van der Waals surface area contributed by atoms with Crippen LogP contribution in [-0.4, -0.2) is 18.8 Å². The van der Waals surface area contributed by atoms with Crippen LogP contribution in [0.5, 0.6) is 0 Å². The Bertz CT molecular complexity index is 321. The molecule has 3 atom stereocenters. The highest BCUT2D eigenvalue weighted by molar-refractivity contribution is 5.09. The third-order valence-corrected chi connectivity index (χ3v) is 3.03. The predicted molar refractivity (Wildman–Crippen MR) is 58.8 cm³/mol. The molecule has 2 rings (SSSR count). The SMILES string of the molecule is Cc1ccc(C(C)NC2CCOC2C)o1. The Morgan fingerprint density at radius 3 is 2.80 bits per heavy atom. The van der Waals surface area contributed by atoms with Crippen LogP contribution in [-0.2, 0) is 4.74 Å². The van der Waals surface area contributed by atoms with E-state index in [1.165, 1.54) is 0 Å². The minimum absolute atomic E-state index is 0.257. The van der Waals surface area contributed by atoms with E-state index in [0.29, 0.717) is 12.1 Å². The first-order valence-corrected chi connectivity index (χ1v) is 5.61. The molecule has 0 radical (unpaired) electrons. The molecule has 1 fully saturated rings. The monoisotopic (exact) mass is 209 g/mol. The molecule has 84 valence electrons. The molecule has 0 spiro atoms. The first-order chi connectivity index (χ1) is 7.16. The maximum atomic E-state index is 5.59. The molecule has 3 heteroatoms. The van der Waals surface area contributed by atoms with Crippen molar-refractivity contribution in [1.29, 1.82) is 0 Å². The first-order valence-electron chi connectivity index (χ1n) is 5.61. The number of hydrogen-bond acceptors (Lipinski definition) is 3. The molecule has 1 aromatic heterocycles. The Labute approximate surface area is 90.8 Å². The predicted octanol–water partition coefficient (Wildman–Crippen LogP) is 2.42. The zero-order chi connectivity index (χ0) is 10.8. The Kier molecular flexibility index (Phi) is 3.12. The number of aryl methyl sites for hydroxylation is 1. The van der Waals surface area contributed by atoms with Crippen LogP contribution < -0.4 is 5.32 Å². The number of furan rings is 1. The van der Waals surface area contributed by atoms with E-state index in [2.05, 4.69) is 19.2 Å². The summed E-state index contributed by atoms with van der Waals surface area (Å²) in [6, 6.07) is 4.74. The van der Waals surface area contributed by atoms with Crippen molar-refractivity contribution in [2.75, 3.05) is 6.61 Å². The van der Waals surface area contributed by atoms with E-state index in [1.54, 1.807) is 0 Å². The Morgan fingerprint density at radius 1 is 1.47 bits per heavy atom. The molecule has 1 saturated heterocycles. The van der Waals surface area contributed by atoms with Crippen molar-refractivity contribution < 1.29 is 9.15 Å². The molecular weight excluding hydrogens is 190 g/mol. The van der Waals surface area contributed by atoms with Gasteiger partial charge in [0.2, 0.25) is 0 Å². The van der Waals surface area contributed by atoms with Gasteiger partial charge in [-0.2, -0.15) is 0 Å². The summed E-state index contributed by atoms with van der Waals surface area (Å²) in [5, 5.41) is 3.54. The van der Waals surface area contributed by atoms with Gasteiger partial charge in [-0.3, -0.25) is 0 Å². The van der Waals surface area contributed by atoms with Gasteiger partial charge < -0.3 is 14.5 Å². The largest absolute Gasteiger partial charge is 0.465 e. The molecule has 0 amide bonds. The summed E-state index contributed by atoms with van der Waals surface area (Å²) in [4.78, 5) is 0. The molecule has 15 heavy (non-hydrogen) atoms. The van der Waals surface area contributed by atoms with Gasteiger partial charge in [0.25, 0.3) is 0 Å². The van der Waals surface area contributed by atoms with Crippen LogP contribution in [0.25, 0.3) is 0 Å². The van der Waals surface area contributed by atoms with Crippen LogP contribution in [0.2, 0.25) is 0 Å². The molecule has 1 aliphatic rings. The van der Waals surface area contributed by atoms with Gasteiger partial charge in [-0.25, -0.2) is 0 Å². The summed E-state index contributed by atoms with van der Waals surface area (Å²) < 4.78 is 11.1. The molecule has 0 aliphatic carbocycles. The third kappa shape index (κ3) is 2.41. The van der Waals surface area contributed by atoms with E-state index < -0.39 is 0 Å². The molecule has 1 aliphatic heterocycles. The van der Waals surface area contributed by atoms with Crippen LogP contribution in [0.4, 0.5) is 0 Å². The van der Waals surface area contributed by atoms with Crippen molar-refractivity contribution in [2.24, 2.45) is 0 Å². The fourth-order valence-corrected chi connectivity index (χ4v) is 2.04. The van der Waals surface area contributed by atoms with E-state index in [1.807, 2.05) is 19.1 Å². The van der Waals surface area contributed by atoms with Crippen LogP contribution in [0.1, 0.15) is 37.8 Å². The minimum atomic E-state index is 0.257. The van der Waals surface area contributed by atoms with E-state index in [4.69, 9.17) is 9.15 Å². The molecule has 0 bridgehead atoms. The summed E-state index contributed by atoms with van der Waals surface area (Å²) in [6.45, 7) is 7.08. The number of ether oxygens (including phenoxy) is 1. The van der Waals surface area contributed by atoms with Crippen molar-refractivity contribution in [2.45, 2.75) is 45.4 Å². The Balaban J connectivity index is 1.94. The second kappa shape index (κ2) is 4.37. The van der Waals surface area contributed by atoms with Gasteiger partial charge in [0, 0.05) is 12.6 Å². The fraction of sp³-hybridized carbons (Fsp3) is 0.667. The fourth-order valence-electron chi connectivity index (χ4n) is 2.04. The van der Waals surface area contributed by atoms with Gasteiger partial charge in [0.15, 0.2) is 0 Å². The standard InChI is InChI=1S/C12H19NO2/c1-8-4-5-12(15-8)9(2)13-11-6-7-14-10(11)3/h4-5,9-11,13H,6-7H2,1-3H3. The van der Waals surface area contributed by atoms with Gasteiger partial charge in [-0.05, 0) is 39.3 Å². The highest BCUT2D eigenvalue weighted by Crippen LogP contribution is 2.20. The third-order valence-electron chi connectivity index (χ3n) is 3.03. The summed E-state index contributed by atoms with van der Waals surface area (Å²) in [6.07, 6.45) is 1.40. The number of hydrogen-bond donors (Lipinski definition) is 1. The lowest BCUT2D eigenvalue weighted by atomic mass is 10.1. The lowest BCUT2D eigenvalue weighted by Crippen LogP contribution is -2.36. The van der Waals surface area contributed by atoms with Gasteiger partial charge in [0.1, 0.15) is 11.5 Å². The van der Waals surface area contributed by atoms with Crippen LogP contribution >= 0.6 is 0 Å². The first kappa shape index (κ1) is 10.7. The maximum absolute atomic E-state index is 5.59. The van der Waals surface area contributed by atoms with Crippen molar-refractivity contribution in [3.05, 3.63) is 23.7 Å². The molecule has 3 unspecified atom stereocenters. The normalized spacial score (nSPS) is 28.2. The van der Waals surface area contributed by atoms with Gasteiger partial charge in [-0.15, -0.1) is 0 Å². The van der Waals surface area contributed by atoms with E-state index in [0.717, 1.165) is 24.5 Å². The van der Waals surface area contributed by atoms with Crippen molar-refractivity contribution in [3.8, 4) is 0 Å².